The molecule has 0 bridgehead atoms. The summed E-state index contributed by atoms with van der Waals surface area (Å²) < 4.78 is 0.856. The van der Waals surface area contributed by atoms with Crippen molar-refractivity contribution in [1.29, 1.82) is 0 Å². The smallest absolute Gasteiger partial charge is 0.0909 e. The first-order chi connectivity index (χ1) is 8.25. The van der Waals surface area contributed by atoms with Crippen LogP contribution >= 0.6 is 0 Å². The molecule has 1 heteroatoms. The van der Waals surface area contributed by atoms with Crippen molar-refractivity contribution in [2.24, 2.45) is 11.8 Å². The fourth-order valence-corrected chi connectivity index (χ4v) is 8.74. The van der Waals surface area contributed by atoms with Gasteiger partial charge in [-0.3, -0.25) is 0 Å². The van der Waals surface area contributed by atoms with Gasteiger partial charge in [0.1, 0.15) is 0 Å². The minimum atomic E-state index is -0.710. The largest absolute Gasteiger partial charge is 0.277 e. The van der Waals surface area contributed by atoms with Crippen molar-refractivity contribution in [3.05, 3.63) is 22.3 Å². The van der Waals surface area contributed by atoms with E-state index in [4.69, 9.17) is 0 Å². The molecule has 0 fully saturated rings. The van der Waals surface area contributed by atoms with Crippen LogP contribution in [0.15, 0.2) is 22.3 Å². The number of hydrogen-bond donors (Lipinski definition) is 0. The number of allylic oxidation sites excluding steroid dienone is 4. The minimum absolute atomic E-state index is 0.710. The average molecular weight is 262 g/mol. The average Bonchev–Trinajstić information content (AvgIpc) is 2.41. The van der Waals surface area contributed by atoms with Gasteiger partial charge in [0.05, 0.1) is 0 Å². The van der Waals surface area contributed by atoms with Crippen molar-refractivity contribution in [3.8, 4) is 0 Å². The Morgan fingerprint density at radius 1 is 0.778 bits per heavy atom. The second-order valence-corrected chi connectivity index (χ2v) is 10.2. The highest BCUT2D eigenvalue weighted by Gasteiger charge is 2.35. The summed E-state index contributed by atoms with van der Waals surface area (Å²) in [6, 6.07) is 0. The molecule has 1 rings (SSSR count). The lowest BCUT2D eigenvalue weighted by molar-refractivity contribution is 0.683. The molecule has 0 amide bonds. The summed E-state index contributed by atoms with van der Waals surface area (Å²) in [6.45, 7) is 19.0. The molecule has 0 atom stereocenters. The molecule has 0 aromatic heterocycles. The Bertz CT molecular complexity index is 324. The highest BCUT2D eigenvalue weighted by molar-refractivity contribution is 6.62. The van der Waals surface area contributed by atoms with Crippen LogP contribution in [0.3, 0.4) is 0 Å². The Morgan fingerprint density at radius 3 is 1.39 bits per heavy atom. The minimum Gasteiger partial charge on any atom is -0.0909 e. The Balaban J connectivity index is 2.99. The van der Waals surface area contributed by atoms with Crippen LogP contribution in [-0.2, 0) is 0 Å². The molecule has 0 radical (unpaired) electrons. The van der Waals surface area contributed by atoms with Crippen LogP contribution in [0.4, 0.5) is 0 Å². The standard InChI is InChI=1S/C9H13.2C4H9.Al/c1-6-5-7(2)9(4)8(6)3;2*1-4(2)3;/h5H,1-4H3;2*4H,1H2,2-3H3;. The molecular formula is C17H31Al. The monoisotopic (exact) mass is 262 g/mol. The van der Waals surface area contributed by atoms with Crippen LogP contribution in [0.5, 0.6) is 0 Å². The van der Waals surface area contributed by atoms with E-state index in [1.165, 1.54) is 10.6 Å². The van der Waals surface area contributed by atoms with Crippen molar-refractivity contribution in [2.45, 2.75) is 70.7 Å². The summed E-state index contributed by atoms with van der Waals surface area (Å²) >= 11 is -0.710. The topological polar surface area (TPSA) is 0 Å². The third-order valence-corrected chi connectivity index (χ3v) is 9.74. The number of hydrogen-bond acceptors (Lipinski definition) is 0. The van der Waals surface area contributed by atoms with Gasteiger partial charge < -0.3 is 0 Å². The maximum Gasteiger partial charge on any atom is 0.277 e. The van der Waals surface area contributed by atoms with Crippen LogP contribution in [0, 0.1) is 11.8 Å². The molecule has 0 aromatic carbocycles. The lowest BCUT2D eigenvalue weighted by Gasteiger charge is -2.25. The molecule has 0 saturated heterocycles. The fraction of sp³-hybridized carbons (Fsp3) is 0.765. The Kier molecular flexibility index (Phi) is 5.75. The molecule has 1 aliphatic carbocycles. The van der Waals surface area contributed by atoms with Crippen molar-refractivity contribution in [1.82, 2.24) is 0 Å². The molecular weight excluding hydrogens is 231 g/mol. The third kappa shape index (κ3) is 3.52. The van der Waals surface area contributed by atoms with E-state index in [2.05, 4.69) is 55.4 Å². The zero-order chi connectivity index (χ0) is 14.0. The highest BCUT2D eigenvalue weighted by Crippen LogP contribution is 2.45. The summed E-state index contributed by atoms with van der Waals surface area (Å²) in [5.74, 6) is 1.73. The van der Waals surface area contributed by atoms with E-state index in [0.29, 0.717) is 0 Å². The predicted molar refractivity (Wildman–Crippen MR) is 85.5 cm³/mol. The molecule has 102 valence electrons. The Hall–Kier alpha value is 0.0125. The molecule has 18 heavy (non-hydrogen) atoms. The van der Waals surface area contributed by atoms with Gasteiger partial charge in [0.2, 0.25) is 0 Å². The molecule has 1 aliphatic rings. The number of rotatable bonds is 5. The van der Waals surface area contributed by atoms with Crippen LogP contribution in [-0.4, -0.2) is 14.1 Å². The van der Waals surface area contributed by atoms with Crippen molar-refractivity contribution < 1.29 is 0 Å². The molecule has 0 heterocycles. The summed E-state index contributed by atoms with van der Waals surface area (Å²) in [5, 5.41) is 3.00. The van der Waals surface area contributed by atoms with Crippen LogP contribution in [0.1, 0.15) is 55.4 Å². The van der Waals surface area contributed by atoms with Crippen LogP contribution in [0.2, 0.25) is 15.3 Å². The van der Waals surface area contributed by atoms with Gasteiger partial charge in [0.25, 0.3) is 14.1 Å². The zero-order valence-electron chi connectivity index (χ0n) is 13.7. The van der Waals surface area contributed by atoms with Gasteiger partial charge >= 0.3 is 0 Å². The predicted octanol–water partition coefficient (Wildman–Crippen LogP) is 5.85. The summed E-state index contributed by atoms with van der Waals surface area (Å²) in [5.41, 5.74) is 6.57. The zero-order valence-corrected chi connectivity index (χ0v) is 14.9. The Morgan fingerprint density at radius 2 is 1.11 bits per heavy atom. The van der Waals surface area contributed by atoms with Crippen molar-refractivity contribution in [2.75, 3.05) is 0 Å². The van der Waals surface area contributed by atoms with Crippen molar-refractivity contribution in [3.63, 3.8) is 0 Å². The van der Waals surface area contributed by atoms with E-state index in [0.717, 1.165) is 16.6 Å². The quantitative estimate of drug-likeness (QED) is 0.545. The summed E-state index contributed by atoms with van der Waals surface area (Å²) in [4.78, 5) is 0. The summed E-state index contributed by atoms with van der Waals surface area (Å²) in [7, 11) is 0. The second kappa shape index (κ2) is 6.45. The van der Waals surface area contributed by atoms with E-state index in [1.807, 2.05) is 0 Å². The second-order valence-electron chi connectivity index (χ2n) is 7.11. The van der Waals surface area contributed by atoms with Gasteiger partial charge in [-0.25, -0.2) is 0 Å². The molecule has 0 aromatic rings. The van der Waals surface area contributed by atoms with Gasteiger partial charge in [0.15, 0.2) is 0 Å². The van der Waals surface area contributed by atoms with Gasteiger partial charge in [-0.15, -0.1) is 0 Å². The lowest BCUT2D eigenvalue weighted by Crippen LogP contribution is -2.25. The van der Waals surface area contributed by atoms with Gasteiger partial charge in [-0.2, -0.15) is 0 Å². The first-order valence-corrected chi connectivity index (χ1v) is 9.90. The normalized spacial score (nSPS) is 17.7. The lowest BCUT2D eigenvalue weighted by atomic mass is 10.1. The molecule has 0 saturated carbocycles. The van der Waals surface area contributed by atoms with E-state index >= 15 is 0 Å². The maximum absolute atomic E-state index is 2.40. The molecule has 0 spiro atoms. The summed E-state index contributed by atoms with van der Waals surface area (Å²) in [6.07, 6.45) is 0. The van der Waals surface area contributed by atoms with Crippen LogP contribution < -0.4 is 0 Å². The van der Waals surface area contributed by atoms with Gasteiger partial charge in [0, 0.05) is 0 Å². The van der Waals surface area contributed by atoms with E-state index in [-0.39, 0.29) is 0 Å². The van der Waals surface area contributed by atoms with Gasteiger partial charge in [-0.1, -0.05) is 72.4 Å². The molecule has 0 N–H and O–H groups in total. The first kappa shape index (κ1) is 16.1. The van der Waals surface area contributed by atoms with Gasteiger partial charge in [-0.05, 0) is 32.5 Å². The van der Waals surface area contributed by atoms with E-state index in [9.17, 15) is 0 Å². The van der Waals surface area contributed by atoms with E-state index < -0.39 is 14.1 Å². The molecule has 0 unspecified atom stereocenters. The first-order valence-electron chi connectivity index (χ1n) is 7.60. The van der Waals surface area contributed by atoms with Crippen LogP contribution in [0.25, 0.3) is 0 Å². The fourth-order valence-electron chi connectivity index (χ4n) is 3.67. The highest BCUT2D eigenvalue weighted by atomic mass is 27.2. The Labute approximate surface area is 119 Å². The maximum atomic E-state index is 2.40. The third-order valence-electron chi connectivity index (χ3n) is 4.70. The van der Waals surface area contributed by atoms with Crippen molar-refractivity contribution >= 4 is 14.1 Å². The van der Waals surface area contributed by atoms with E-state index in [1.54, 1.807) is 22.3 Å². The molecule has 0 nitrogen and oxygen atoms in total. The molecule has 0 aliphatic heterocycles. The SMILES string of the molecule is CC1=C(C)[CH]([Al]([CH2]C(C)C)[CH2]C(C)C)C(C)=C1C.